The van der Waals surface area contributed by atoms with E-state index in [1.54, 1.807) is 18.2 Å². The Hall–Kier alpha value is -1.79. The third-order valence-electron chi connectivity index (χ3n) is 2.95. The molecule has 0 aliphatic heterocycles. The second-order valence-corrected chi connectivity index (χ2v) is 5.14. The van der Waals surface area contributed by atoms with Gasteiger partial charge in [-0.1, -0.05) is 6.07 Å². The van der Waals surface area contributed by atoms with Gasteiger partial charge < -0.3 is 19.8 Å². The SMILES string of the molecule is CCOc1cc(CN(CCN(C)C)CC(=O)O)ccc1O. The van der Waals surface area contributed by atoms with Gasteiger partial charge in [-0.15, -0.1) is 0 Å². The van der Waals surface area contributed by atoms with Gasteiger partial charge in [0.2, 0.25) is 0 Å². The molecule has 0 saturated heterocycles. The molecule has 0 aliphatic carbocycles. The van der Waals surface area contributed by atoms with Crippen molar-refractivity contribution in [3.63, 3.8) is 0 Å². The lowest BCUT2D eigenvalue weighted by Gasteiger charge is -2.22. The van der Waals surface area contributed by atoms with Crippen LogP contribution in [0.15, 0.2) is 18.2 Å². The Morgan fingerprint density at radius 2 is 2.00 bits per heavy atom. The van der Waals surface area contributed by atoms with E-state index in [2.05, 4.69) is 0 Å². The van der Waals surface area contributed by atoms with Crippen molar-refractivity contribution in [1.82, 2.24) is 9.80 Å². The minimum atomic E-state index is -0.849. The van der Waals surface area contributed by atoms with Crippen LogP contribution in [0.5, 0.6) is 11.5 Å². The highest BCUT2D eigenvalue weighted by Gasteiger charge is 2.12. The summed E-state index contributed by atoms with van der Waals surface area (Å²) in [5, 5.41) is 18.7. The normalized spacial score (nSPS) is 11.1. The molecule has 6 heteroatoms. The lowest BCUT2D eigenvalue weighted by atomic mass is 10.2. The Balaban J connectivity index is 2.76. The van der Waals surface area contributed by atoms with Gasteiger partial charge in [0, 0.05) is 19.6 Å². The number of ether oxygens (including phenoxy) is 1. The predicted molar refractivity (Wildman–Crippen MR) is 80.7 cm³/mol. The van der Waals surface area contributed by atoms with Crippen LogP contribution < -0.4 is 4.74 Å². The molecule has 0 amide bonds. The molecule has 0 aliphatic rings. The van der Waals surface area contributed by atoms with Gasteiger partial charge in [0.1, 0.15) is 0 Å². The fraction of sp³-hybridized carbons (Fsp3) is 0.533. The van der Waals surface area contributed by atoms with Gasteiger partial charge in [0.25, 0.3) is 0 Å². The average Bonchev–Trinajstić information content (AvgIpc) is 2.39. The van der Waals surface area contributed by atoms with Crippen molar-refractivity contribution in [2.75, 3.05) is 40.3 Å². The van der Waals surface area contributed by atoms with E-state index in [0.717, 1.165) is 12.1 Å². The Kier molecular flexibility index (Phi) is 6.98. The summed E-state index contributed by atoms with van der Waals surface area (Å²) in [6.07, 6.45) is 0. The number of hydrogen-bond acceptors (Lipinski definition) is 5. The van der Waals surface area contributed by atoms with Crippen molar-refractivity contribution in [3.05, 3.63) is 23.8 Å². The van der Waals surface area contributed by atoms with Crippen LogP contribution in [0.2, 0.25) is 0 Å². The molecule has 118 valence electrons. The molecular formula is C15H24N2O4. The molecule has 1 aromatic carbocycles. The topological polar surface area (TPSA) is 73.2 Å². The van der Waals surface area contributed by atoms with E-state index in [-0.39, 0.29) is 12.3 Å². The lowest BCUT2D eigenvalue weighted by Crippen LogP contribution is -2.35. The maximum atomic E-state index is 10.9. The van der Waals surface area contributed by atoms with Gasteiger partial charge in [-0.3, -0.25) is 9.69 Å². The molecule has 0 aromatic heterocycles. The molecule has 0 unspecified atom stereocenters. The number of carbonyl (C=O) groups is 1. The van der Waals surface area contributed by atoms with E-state index < -0.39 is 5.97 Å². The quantitative estimate of drug-likeness (QED) is 0.714. The molecule has 0 radical (unpaired) electrons. The van der Waals surface area contributed by atoms with Gasteiger partial charge >= 0.3 is 5.97 Å². The second kappa shape index (κ2) is 8.49. The molecular weight excluding hydrogens is 272 g/mol. The van der Waals surface area contributed by atoms with Gasteiger partial charge in [0.15, 0.2) is 11.5 Å². The first-order valence-corrected chi connectivity index (χ1v) is 6.96. The van der Waals surface area contributed by atoms with E-state index in [1.807, 2.05) is 30.8 Å². The van der Waals surface area contributed by atoms with Crippen LogP contribution in [0.1, 0.15) is 12.5 Å². The van der Waals surface area contributed by atoms with Crippen molar-refractivity contribution in [1.29, 1.82) is 0 Å². The maximum Gasteiger partial charge on any atom is 0.317 e. The Morgan fingerprint density at radius 3 is 2.57 bits per heavy atom. The lowest BCUT2D eigenvalue weighted by molar-refractivity contribution is -0.138. The number of rotatable bonds is 9. The number of phenols is 1. The van der Waals surface area contributed by atoms with Crippen LogP contribution in [-0.2, 0) is 11.3 Å². The first kappa shape index (κ1) is 17.3. The molecule has 1 rings (SSSR count). The molecule has 1 aromatic rings. The minimum absolute atomic E-state index is 0.0152. The van der Waals surface area contributed by atoms with Crippen molar-refractivity contribution in [2.24, 2.45) is 0 Å². The largest absolute Gasteiger partial charge is 0.504 e. The Morgan fingerprint density at radius 1 is 1.29 bits per heavy atom. The number of nitrogens with zero attached hydrogens (tertiary/aromatic N) is 2. The summed E-state index contributed by atoms with van der Waals surface area (Å²) < 4.78 is 5.35. The van der Waals surface area contributed by atoms with E-state index in [4.69, 9.17) is 9.84 Å². The molecule has 21 heavy (non-hydrogen) atoms. The smallest absolute Gasteiger partial charge is 0.317 e. The van der Waals surface area contributed by atoms with Crippen molar-refractivity contribution in [2.45, 2.75) is 13.5 Å². The summed E-state index contributed by atoms with van der Waals surface area (Å²) in [6, 6.07) is 5.11. The van der Waals surface area contributed by atoms with E-state index in [1.165, 1.54) is 0 Å². The Bertz CT molecular complexity index is 463. The number of phenolic OH excluding ortho intramolecular Hbond substituents is 1. The van der Waals surface area contributed by atoms with Gasteiger partial charge in [0.05, 0.1) is 13.2 Å². The van der Waals surface area contributed by atoms with E-state index in [0.29, 0.717) is 25.4 Å². The van der Waals surface area contributed by atoms with E-state index in [9.17, 15) is 9.90 Å². The van der Waals surface area contributed by atoms with E-state index >= 15 is 0 Å². The minimum Gasteiger partial charge on any atom is -0.504 e. The van der Waals surface area contributed by atoms with Crippen molar-refractivity contribution in [3.8, 4) is 11.5 Å². The molecule has 0 saturated carbocycles. The summed E-state index contributed by atoms with van der Waals surface area (Å²) in [6.45, 7) is 4.24. The molecule has 0 spiro atoms. The summed E-state index contributed by atoms with van der Waals surface area (Å²) in [7, 11) is 3.90. The van der Waals surface area contributed by atoms with Gasteiger partial charge in [-0.25, -0.2) is 0 Å². The first-order chi connectivity index (χ1) is 9.92. The third kappa shape index (κ3) is 6.46. The maximum absolute atomic E-state index is 10.9. The van der Waals surface area contributed by atoms with Crippen molar-refractivity contribution < 1.29 is 19.7 Å². The van der Waals surface area contributed by atoms with Crippen LogP contribution >= 0.6 is 0 Å². The number of aromatic hydroxyl groups is 1. The second-order valence-electron chi connectivity index (χ2n) is 5.14. The summed E-state index contributed by atoms with van der Waals surface area (Å²) >= 11 is 0. The third-order valence-corrected chi connectivity index (χ3v) is 2.95. The summed E-state index contributed by atoms with van der Waals surface area (Å²) in [5.74, 6) is -0.325. The fourth-order valence-corrected chi connectivity index (χ4v) is 1.93. The monoisotopic (exact) mass is 296 g/mol. The zero-order valence-electron chi connectivity index (χ0n) is 12.9. The van der Waals surface area contributed by atoms with Crippen LogP contribution in [0.4, 0.5) is 0 Å². The van der Waals surface area contributed by atoms with Crippen LogP contribution in [0.3, 0.4) is 0 Å². The van der Waals surface area contributed by atoms with Crippen LogP contribution in [-0.4, -0.2) is 66.3 Å². The van der Waals surface area contributed by atoms with Crippen LogP contribution in [0.25, 0.3) is 0 Å². The summed E-state index contributed by atoms with van der Waals surface area (Å²) in [5.41, 5.74) is 0.913. The number of hydrogen-bond donors (Lipinski definition) is 2. The zero-order valence-corrected chi connectivity index (χ0v) is 12.9. The average molecular weight is 296 g/mol. The predicted octanol–water partition coefficient (Wildman–Crippen LogP) is 1.24. The highest BCUT2D eigenvalue weighted by Crippen LogP contribution is 2.27. The highest BCUT2D eigenvalue weighted by atomic mass is 16.5. The standard InChI is InChI=1S/C15H24N2O4/c1-4-21-14-9-12(5-6-13(14)18)10-17(11-15(19)20)8-7-16(2)3/h5-6,9,18H,4,7-8,10-11H2,1-3H3,(H,19,20). The van der Waals surface area contributed by atoms with Gasteiger partial charge in [-0.05, 0) is 38.7 Å². The first-order valence-electron chi connectivity index (χ1n) is 6.96. The zero-order chi connectivity index (χ0) is 15.8. The fourth-order valence-electron chi connectivity index (χ4n) is 1.93. The molecule has 0 heterocycles. The summed E-state index contributed by atoms with van der Waals surface area (Å²) in [4.78, 5) is 14.8. The molecule has 0 bridgehead atoms. The number of aliphatic carboxylic acids is 1. The molecule has 2 N–H and O–H groups in total. The molecule has 0 atom stereocenters. The number of benzene rings is 1. The number of likely N-dealkylation sites (N-methyl/N-ethyl adjacent to an activating group) is 1. The molecule has 6 nitrogen and oxygen atoms in total. The number of carboxylic acids is 1. The highest BCUT2D eigenvalue weighted by molar-refractivity contribution is 5.69. The Labute approximate surface area is 125 Å². The molecule has 0 fully saturated rings. The number of carboxylic acid groups (broad SMARTS) is 1. The van der Waals surface area contributed by atoms with Crippen LogP contribution in [0, 0.1) is 0 Å². The van der Waals surface area contributed by atoms with Gasteiger partial charge in [-0.2, -0.15) is 0 Å². The van der Waals surface area contributed by atoms with Crippen molar-refractivity contribution >= 4 is 5.97 Å².